The van der Waals surface area contributed by atoms with E-state index in [0.29, 0.717) is 0 Å². The van der Waals surface area contributed by atoms with E-state index in [9.17, 15) is 4.79 Å². The summed E-state index contributed by atoms with van der Waals surface area (Å²) < 4.78 is 5.18. The van der Waals surface area contributed by atoms with E-state index in [1.54, 1.807) is 0 Å². The van der Waals surface area contributed by atoms with Crippen molar-refractivity contribution < 1.29 is 9.53 Å². The Labute approximate surface area is 182 Å². The molecule has 1 aromatic heterocycles. The van der Waals surface area contributed by atoms with Crippen LogP contribution in [-0.4, -0.2) is 29.8 Å². The molecule has 4 rings (SSSR count). The lowest BCUT2D eigenvalue weighted by molar-refractivity contribution is -0.142. The van der Waals surface area contributed by atoms with Crippen LogP contribution in [0.15, 0.2) is 90.1 Å². The molecule has 0 aliphatic carbocycles. The first-order chi connectivity index (χ1) is 15.1. The number of rotatable bonds is 6. The molecule has 0 aliphatic heterocycles. The first-order valence-corrected chi connectivity index (χ1v) is 10.4. The molecule has 0 fully saturated rings. The molecular weight excluding hydrogens is 384 g/mol. The second-order valence-corrected chi connectivity index (χ2v) is 7.76. The normalized spacial score (nSPS) is 12.9. The van der Waals surface area contributed by atoms with E-state index >= 15 is 0 Å². The van der Waals surface area contributed by atoms with Gasteiger partial charge in [0.15, 0.2) is 6.04 Å². The lowest BCUT2D eigenvalue weighted by Gasteiger charge is -2.20. The van der Waals surface area contributed by atoms with Crippen molar-refractivity contribution in [3.8, 4) is 0 Å². The van der Waals surface area contributed by atoms with Crippen LogP contribution in [0.2, 0.25) is 0 Å². The Morgan fingerprint density at radius 3 is 2.13 bits per heavy atom. The van der Waals surface area contributed by atoms with Gasteiger partial charge in [-0.1, -0.05) is 79.2 Å². The molecule has 156 valence electrons. The predicted molar refractivity (Wildman–Crippen MR) is 126 cm³/mol. The zero-order valence-corrected chi connectivity index (χ0v) is 18.0. The molecule has 4 nitrogen and oxygen atoms in total. The molecule has 0 saturated carbocycles. The molecular formula is C27H26N2O2. The van der Waals surface area contributed by atoms with E-state index in [4.69, 9.17) is 9.73 Å². The second kappa shape index (κ2) is 9.00. The van der Waals surface area contributed by atoms with Gasteiger partial charge in [0, 0.05) is 34.1 Å². The molecule has 0 unspecified atom stereocenters. The molecule has 0 amide bonds. The van der Waals surface area contributed by atoms with Crippen molar-refractivity contribution in [2.45, 2.75) is 25.8 Å². The summed E-state index contributed by atoms with van der Waals surface area (Å²) in [6, 6.07) is 25.5. The molecule has 3 aromatic carbocycles. The number of esters is 1. The third kappa shape index (κ3) is 4.29. The smallest absolute Gasteiger partial charge is 0.331 e. The average molecular weight is 411 g/mol. The molecule has 1 N–H and O–H groups in total. The number of nitrogens with zero attached hydrogens (tertiary/aromatic N) is 1. The van der Waals surface area contributed by atoms with E-state index in [2.05, 4.69) is 30.1 Å². The van der Waals surface area contributed by atoms with Crippen LogP contribution in [0.1, 0.15) is 35.1 Å². The van der Waals surface area contributed by atoms with Gasteiger partial charge in [-0.25, -0.2) is 4.79 Å². The van der Waals surface area contributed by atoms with Crippen LogP contribution in [0.25, 0.3) is 10.9 Å². The summed E-state index contributed by atoms with van der Waals surface area (Å²) in [4.78, 5) is 21.2. The number of ether oxygens (including phenoxy) is 1. The van der Waals surface area contributed by atoms with Gasteiger partial charge in [0.2, 0.25) is 0 Å². The summed E-state index contributed by atoms with van der Waals surface area (Å²) in [5.41, 5.74) is 5.98. The Bertz CT molecular complexity index is 1170. The number of aromatic amines is 1. The summed E-state index contributed by atoms with van der Waals surface area (Å²) in [6.07, 6.45) is 1.98. The third-order valence-electron chi connectivity index (χ3n) is 5.64. The summed E-state index contributed by atoms with van der Waals surface area (Å²) >= 11 is 0. The Morgan fingerprint density at radius 1 is 0.935 bits per heavy atom. The highest BCUT2D eigenvalue weighted by Crippen LogP contribution is 2.31. The van der Waals surface area contributed by atoms with Gasteiger partial charge < -0.3 is 9.72 Å². The fraction of sp³-hybridized carbons (Fsp3) is 0.185. The number of carbonyl (C=O) groups is 1. The van der Waals surface area contributed by atoms with E-state index in [1.807, 2.05) is 73.8 Å². The van der Waals surface area contributed by atoms with Crippen molar-refractivity contribution in [3.63, 3.8) is 0 Å². The number of methoxy groups -OCH3 is 1. The van der Waals surface area contributed by atoms with E-state index in [-0.39, 0.29) is 11.9 Å². The van der Waals surface area contributed by atoms with Gasteiger partial charge in [0.1, 0.15) is 0 Å². The van der Waals surface area contributed by atoms with E-state index in [1.165, 1.54) is 12.7 Å². The SMILES string of the molecule is COC(=O)[C@H](N=C(c1ccccc1)c1ccccc1)[C@H](C)c1c[nH]c2ccc(C)cc12. The molecule has 4 heteroatoms. The number of aromatic nitrogens is 1. The molecule has 1 heterocycles. The first-order valence-electron chi connectivity index (χ1n) is 10.4. The molecule has 0 spiro atoms. The fourth-order valence-corrected chi connectivity index (χ4v) is 3.94. The topological polar surface area (TPSA) is 54.4 Å². The van der Waals surface area contributed by atoms with Crippen LogP contribution in [0.3, 0.4) is 0 Å². The maximum absolute atomic E-state index is 12.9. The Kier molecular flexibility index (Phi) is 5.99. The quantitative estimate of drug-likeness (QED) is 0.329. The van der Waals surface area contributed by atoms with Crippen molar-refractivity contribution in [3.05, 3.63) is 107 Å². The number of aliphatic imine (C=N–C) groups is 1. The summed E-state index contributed by atoms with van der Waals surface area (Å²) in [5.74, 6) is -0.524. The Balaban J connectivity index is 1.85. The highest BCUT2D eigenvalue weighted by atomic mass is 16.5. The molecule has 4 aromatic rings. The summed E-state index contributed by atoms with van der Waals surface area (Å²) in [6.45, 7) is 4.10. The van der Waals surface area contributed by atoms with Crippen molar-refractivity contribution >= 4 is 22.6 Å². The number of nitrogens with one attached hydrogen (secondary N) is 1. The molecule has 31 heavy (non-hydrogen) atoms. The minimum absolute atomic E-state index is 0.176. The van der Waals surface area contributed by atoms with Crippen LogP contribution >= 0.6 is 0 Å². The zero-order valence-electron chi connectivity index (χ0n) is 18.0. The lowest BCUT2D eigenvalue weighted by atomic mass is 9.92. The summed E-state index contributed by atoms with van der Waals surface area (Å²) in [7, 11) is 1.42. The van der Waals surface area contributed by atoms with Gasteiger partial charge in [-0.15, -0.1) is 0 Å². The Morgan fingerprint density at radius 2 is 1.55 bits per heavy atom. The van der Waals surface area contributed by atoms with Gasteiger partial charge >= 0.3 is 5.97 Å². The highest BCUT2D eigenvalue weighted by molar-refractivity contribution is 6.13. The molecule has 0 aliphatic rings. The highest BCUT2D eigenvalue weighted by Gasteiger charge is 2.29. The molecule has 0 bridgehead atoms. The van der Waals surface area contributed by atoms with Crippen LogP contribution < -0.4 is 0 Å². The largest absolute Gasteiger partial charge is 0.467 e. The van der Waals surface area contributed by atoms with Crippen LogP contribution in [0.5, 0.6) is 0 Å². The van der Waals surface area contributed by atoms with Gasteiger partial charge in [-0.2, -0.15) is 0 Å². The third-order valence-corrected chi connectivity index (χ3v) is 5.64. The minimum atomic E-state index is -0.681. The van der Waals surface area contributed by atoms with Crippen LogP contribution in [0, 0.1) is 6.92 Å². The standard InChI is InChI=1S/C27H26N2O2/c1-18-14-15-24-22(16-18)23(17-28-24)19(2)25(27(30)31-3)29-26(20-10-6-4-7-11-20)21-12-8-5-9-13-21/h4-17,19,25,28H,1-3H3/t19-,25-/m1/s1. The second-order valence-electron chi connectivity index (χ2n) is 7.76. The van der Waals surface area contributed by atoms with Gasteiger partial charge in [0.25, 0.3) is 0 Å². The van der Waals surface area contributed by atoms with Crippen molar-refractivity contribution in [1.29, 1.82) is 0 Å². The predicted octanol–water partition coefficient (Wildman–Crippen LogP) is 5.66. The molecule has 0 saturated heterocycles. The Hall–Kier alpha value is -3.66. The average Bonchev–Trinajstić information content (AvgIpc) is 3.23. The number of benzene rings is 3. The van der Waals surface area contributed by atoms with Gasteiger partial charge in [0.05, 0.1) is 12.8 Å². The van der Waals surface area contributed by atoms with E-state index in [0.717, 1.165) is 33.3 Å². The van der Waals surface area contributed by atoms with Gasteiger partial charge in [-0.3, -0.25) is 4.99 Å². The van der Waals surface area contributed by atoms with Crippen LogP contribution in [-0.2, 0) is 9.53 Å². The zero-order chi connectivity index (χ0) is 21.8. The first kappa shape index (κ1) is 20.6. The number of aryl methyl sites for hydroxylation is 1. The number of fused-ring (bicyclic) bond motifs is 1. The number of hydrogen-bond donors (Lipinski definition) is 1. The fourth-order valence-electron chi connectivity index (χ4n) is 3.94. The number of H-pyrrole nitrogens is 1. The lowest BCUT2D eigenvalue weighted by Crippen LogP contribution is -2.28. The van der Waals surface area contributed by atoms with E-state index < -0.39 is 6.04 Å². The number of carbonyl (C=O) groups excluding carboxylic acids is 1. The maximum atomic E-state index is 12.9. The van der Waals surface area contributed by atoms with Crippen LogP contribution in [0.4, 0.5) is 0 Å². The van der Waals surface area contributed by atoms with Crippen molar-refractivity contribution in [2.24, 2.45) is 4.99 Å². The summed E-state index contributed by atoms with van der Waals surface area (Å²) in [5, 5.41) is 1.11. The minimum Gasteiger partial charge on any atom is -0.467 e. The molecule has 2 atom stereocenters. The maximum Gasteiger partial charge on any atom is 0.331 e. The molecule has 0 radical (unpaired) electrons. The number of hydrogen-bond acceptors (Lipinski definition) is 3. The van der Waals surface area contributed by atoms with Crippen molar-refractivity contribution in [1.82, 2.24) is 4.98 Å². The van der Waals surface area contributed by atoms with Crippen molar-refractivity contribution in [2.75, 3.05) is 7.11 Å². The monoisotopic (exact) mass is 410 g/mol. The van der Waals surface area contributed by atoms with Gasteiger partial charge in [-0.05, 0) is 24.6 Å².